The van der Waals surface area contributed by atoms with Crippen molar-refractivity contribution in [1.29, 1.82) is 0 Å². The fraction of sp³-hybridized carbons (Fsp3) is 0.231. The van der Waals surface area contributed by atoms with Crippen molar-refractivity contribution < 1.29 is 14.7 Å². The lowest BCUT2D eigenvalue weighted by Crippen LogP contribution is -2.19. The Balaban J connectivity index is 2.88. The molecule has 0 atom stereocenters. The fourth-order valence-electron chi connectivity index (χ4n) is 1.18. The van der Waals surface area contributed by atoms with Gasteiger partial charge in [0.05, 0.1) is 11.3 Å². The van der Waals surface area contributed by atoms with Crippen LogP contribution in [0.15, 0.2) is 24.3 Å². The van der Waals surface area contributed by atoms with Crippen LogP contribution >= 0.6 is 0 Å². The third-order valence-corrected chi connectivity index (χ3v) is 2.83. The lowest BCUT2D eigenvalue weighted by Gasteiger charge is -2.06. The standard InChI is InChI=1S/C13H15NO3Si/c1-18(2,3)9-8-12(15)14-11-7-5-4-6-10(11)13(16)17/h4-7H,1-3H3,(H,14,15)(H,16,17). The van der Waals surface area contributed by atoms with Crippen LogP contribution in [0.4, 0.5) is 5.69 Å². The molecule has 18 heavy (non-hydrogen) atoms. The molecule has 4 nitrogen and oxygen atoms in total. The van der Waals surface area contributed by atoms with Gasteiger partial charge >= 0.3 is 5.97 Å². The van der Waals surface area contributed by atoms with E-state index >= 15 is 0 Å². The summed E-state index contributed by atoms with van der Waals surface area (Å²) in [6.45, 7) is 6.08. The molecule has 5 heteroatoms. The van der Waals surface area contributed by atoms with E-state index in [-0.39, 0.29) is 11.3 Å². The zero-order chi connectivity index (χ0) is 13.8. The van der Waals surface area contributed by atoms with E-state index in [0.717, 1.165) is 0 Å². The molecule has 0 aliphatic heterocycles. The van der Waals surface area contributed by atoms with Crippen LogP contribution in [-0.4, -0.2) is 25.1 Å². The average Bonchev–Trinajstić information content (AvgIpc) is 2.26. The number of anilines is 1. The number of carbonyl (C=O) groups excluding carboxylic acids is 1. The molecular formula is C13H15NO3Si. The van der Waals surface area contributed by atoms with Gasteiger partial charge in [-0.2, -0.15) is 0 Å². The molecule has 2 N–H and O–H groups in total. The van der Waals surface area contributed by atoms with E-state index in [1.54, 1.807) is 12.1 Å². The van der Waals surface area contributed by atoms with Gasteiger partial charge in [0.2, 0.25) is 0 Å². The Hall–Kier alpha value is -2.06. The highest BCUT2D eigenvalue weighted by Gasteiger charge is 2.11. The maximum atomic E-state index is 11.6. The van der Waals surface area contributed by atoms with E-state index < -0.39 is 20.0 Å². The first-order valence-corrected chi connectivity index (χ1v) is 8.96. The van der Waals surface area contributed by atoms with Crippen molar-refractivity contribution in [3.8, 4) is 11.5 Å². The van der Waals surface area contributed by atoms with Gasteiger partial charge in [-0.05, 0) is 18.1 Å². The molecule has 0 unspecified atom stereocenters. The van der Waals surface area contributed by atoms with Gasteiger partial charge in [-0.3, -0.25) is 4.79 Å². The quantitative estimate of drug-likeness (QED) is 0.633. The van der Waals surface area contributed by atoms with Gasteiger partial charge in [-0.25, -0.2) is 4.79 Å². The van der Waals surface area contributed by atoms with Gasteiger partial charge in [-0.15, -0.1) is 5.54 Å². The van der Waals surface area contributed by atoms with Crippen molar-refractivity contribution >= 4 is 25.6 Å². The first-order chi connectivity index (χ1) is 8.29. The molecule has 0 saturated heterocycles. The summed E-state index contributed by atoms with van der Waals surface area (Å²) in [5, 5.41) is 11.5. The Morgan fingerprint density at radius 1 is 1.22 bits per heavy atom. The summed E-state index contributed by atoms with van der Waals surface area (Å²) in [6, 6.07) is 6.24. The SMILES string of the molecule is C[Si](C)(C)C#CC(=O)Nc1ccccc1C(=O)O. The maximum Gasteiger partial charge on any atom is 0.337 e. The Morgan fingerprint density at radius 2 is 1.83 bits per heavy atom. The second-order valence-corrected chi connectivity index (χ2v) is 9.55. The van der Waals surface area contributed by atoms with Crippen LogP contribution in [0.25, 0.3) is 0 Å². The van der Waals surface area contributed by atoms with Crippen molar-refractivity contribution in [3.63, 3.8) is 0 Å². The van der Waals surface area contributed by atoms with Gasteiger partial charge < -0.3 is 10.4 Å². The maximum absolute atomic E-state index is 11.6. The minimum atomic E-state index is -1.61. The zero-order valence-electron chi connectivity index (χ0n) is 10.6. The molecule has 0 radical (unpaired) electrons. The Morgan fingerprint density at radius 3 is 2.39 bits per heavy atom. The lowest BCUT2D eigenvalue weighted by atomic mass is 10.2. The summed E-state index contributed by atoms with van der Waals surface area (Å²) >= 11 is 0. The Kier molecular flexibility index (Phi) is 4.29. The number of benzene rings is 1. The summed E-state index contributed by atoms with van der Waals surface area (Å²) in [4.78, 5) is 22.5. The minimum Gasteiger partial charge on any atom is -0.478 e. The molecule has 1 aromatic rings. The van der Waals surface area contributed by atoms with Crippen LogP contribution in [-0.2, 0) is 4.79 Å². The number of para-hydroxylation sites is 1. The van der Waals surface area contributed by atoms with Gasteiger partial charge in [0.25, 0.3) is 5.91 Å². The van der Waals surface area contributed by atoms with E-state index in [0.29, 0.717) is 0 Å². The van der Waals surface area contributed by atoms with Gasteiger partial charge in [0.15, 0.2) is 0 Å². The van der Waals surface area contributed by atoms with Crippen LogP contribution in [0.1, 0.15) is 10.4 Å². The van der Waals surface area contributed by atoms with Crippen molar-refractivity contribution in [1.82, 2.24) is 0 Å². The molecule has 0 spiro atoms. The van der Waals surface area contributed by atoms with E-state index in [9.17, 15) is 9.59 Å². The van der Waals surface area contributed by atoms with Crippen LogP contribution < -0.4 is 5.32 Å². The predicted octanol–water partition coefficient (Wildman–Crippen LogP) is 2.20. The van der Waals surface area contributed by atoms with E-state index in [4.69, 9.17) is 5.11 Å². The summed E-state index contributed by atoms with van der Waals surface area (Å²) in [7, 11) is -1.61. The van der Waals surface area contributed by atoms with Gasteiger partial charge in [0.1, 0.15) is 8.07 Å². The highest BCUT2D eigenvalue weighted by Crippen LogP contribution is 2.14. The number of amides is 1. The Bertz CT molecular complexity index is 535. The minimum absolute atomic E-state index is 0.0562. The highest BCUT2D eigenvalue weighted by molar-refractivity contribution is 6.84. The third-order valence-electron chi connectivity index (χ3n) is 1.96. The lowest BCUT2D eigenvalue weighted by molar-refractivity contribution is -0.111. The number of carboxylic acids is 1. The highest BCUT2D eigenvalue weighted by atomic mass is 28.3. The van der Waals surface area contributed by atoms with Crippen molar-refractivity contribution in [3.05, 3.63) is 29.8 Å². The molecule has 0 saturated carbocycles. The van der Waals surface area contributed by atoms with Crippen LogP contribution in [0, 0.1) is 11.5 Å². The molecule has 0 aromatic heterocycles. The van der Waals surface area contributed by atoms with E-state index in [1.165, 1.54) is 12.1 Å². The van der Waals surface area contributed by atoms with Crippen LogP contribution in [0.2, 0.25) is 19.6 Å². The van der Waals surface area contributed by atoms with Crippen molar-refractivity contribution in [2.75, 3.05) is 5.32 Å². The predicted molar refractivity (Wildman–Crippen MR) is 73.2 cm³/mol. The number of rotatable bonds is 2. The first-order valence-electron chi connectivity index (χ1n) is 5.46. The molecule has 0 aliphatic carbocycles. The second kappa shape index (κ2) is 5.51. The van der Waals surface area contributed by atoms with Crippen molar-refractivity contribution in [2.45, 2.75) is 19.6 Å². The summed E-state index contributed by atoms with van der Waals surface area (Å²) in [6.07, 6.45) is 0. The molecule has 1 rings (SSSR count). The number of carboxylic acid groups (broad SMARTS) is 1. The van der Waals surface area contributed by atoms with Gasteiger partial charge in [0, 0.05) is 0 Å². The molecule has 1 amide bonds. The summed E-state index contributed by atoms with van der Waals surface area (Å²) in [5.41, 5.74) is 3.24. The smallest absolute Gasteiger partial charge is 0.337 e. The largest absolute Gasteiger partial charge is 0.478 e. The fourth-order valence-corrected chi connectivity index (χ4v) is 1.66. The van der Waals surface area contributed by atoms with E-state index in [1.807, 2.05) is 19.6 Å². The number of carbonyl (C=O) groups is 2. The zero-order valence-corrected chi connectivity index (χ0v) is 11.6. The third kappa shape index (κ3) is 4.43. The van der Waals surface area contributed by atoms with Gasteiger partial charge in [-0.1, -0.05) is 31.8 Å². The van der Waals surface area contributed by atoms with E-state index in [2.05, 4.69) is 16.8 Å². The number of aromatic carboxylic acids is 1. The molecule has 94 valence electrons. The van der Waals surface area contributed by atoms with Crippen molar-refractivity contribution in [2.24, 2.45) is 0 Å². The molecule has 0 heterocycles. The first kappa shape index (κ1) is 14.0. The second-order valence-electron chi connectivity index (χ2n) is 4.80. The molecule has 0 bridgehead atoms. The van der Waals surface area contributed by atoms with Crippen LogP contribution in [0.3, 0.4) is 0 Å². The Labute approximate surface area is 107 Å². The monoisotopic (exact) mass is 261 g/mol. The normalized spacial score (nSPS) is 10.2. The summed E-state index contributed by atoms with van der Waals surface area (Å²) in [5.74, 6) is 0.946. The molecular weight excluding hydrogens is 246 g/mol. The van der Waals surface area contributed by atoms with Crippen LogP contribution in [0.5, 0.6) is 0 Å². The molecule has 0 fully saturated rings. The number of hydrogen-bond donors (Lipinski definition) is 2. The average molecular weight is 261 g/mol. The summed E-state index contributed by atoms with van der Waals surface area (Å²) < 4.78 is 0. The number of nitrogens with one attached hydrogen (secondary N) is 1. The topological polar surface area (TPSA) is 66.4 Å². The number of hydrogen-bond acceptors (Lipinski definition) is 2. The molecule has 1 aromatic carbocycles. The molecule has 0 aliphatic rings.